The minimum Gasteiger partial charge on any atom is -0.490 e. The molecular weight excluding hydrogens is 477 g/mol. The summed E-state index contributed by atoms with van der Waals surface area (Å²) in [5.41, 5.74) is -0.651. The number of nitrogens with zero attached hydrogens (tertiary/aromatic N) is 1. The van der Waals surface area contributed by atoms with Crippen molar-refractivity contribution in [1.82, 2.24) is 5.32 Å². The first kappa shape index (κ1) is 26.9. The van der Waals surface area contributed by atoms with E-state index in [4.69, 9.17) is 14.2 Å². The van der Waals surface area contributed by atoms with Crippen LogP contribution in [0.4, 0.5) is 13.2 Å². The quantitative estimate of drug-likeness (QED) is 0.441. The zero-order valence-electron chi connectivity index (χ0n) is 19.8. The maximum absolute atomic E-state index is 12.6. The second kappa shape index (κ2) is 11.8. The molecule has 1 saturated heterocycles. The number of ether oxygens (including phenoxy) is 4. The van der Waals surface area contributed by atoms with Crippen LogP contribution in [-0.4, -0.2) is 37.3 Å². The fourth-order valence-electron chi connectivity index (χ4n) is 3.53. The third-order valence-corrected chi connectivity index (χ3v) is 5.34. The van der Waals surface area contributed by atoms with Crippen LogP contribution in [0.3, 0.4) is 0 Å². The maximum Gasteiger partial charge on any atom is 0.573 e. The van der Waals surface area contributed by atoms with Gasteiger partial charge in [0.25, 0.3) is 5.91 Å². The normalized spacial score (nSPS) is 17.2. The summed E-state index contributed by atoms with van der Waals surface area (Å²) in [7, 11) is 0. The van der Waals surface area contributed by atoms with Crippen LogP contribution >= 0.6 is 0 Å². The monoisotopic (exact) mass is 504 g/mol. The lowest BCUT2D eigenvalue weighted by molar-refractivity contribution is -0.274. The van der Waals surface area contributed by atoms with E-state index in [0.717, 1.165) is 37.0 Å². The Bertz CT molecular complexity index is 1090. The number of benzene rings is 2. The van der Waals surface area contributed by atoms with Crippen molar-refractivity contribution in [3.05, 3.63) is 66.2 Å². The minimum atomic E-state index is -4.84. The van der Waals surface area contributed by atoms with Crippen molar-refractivity contribution in [3.63, 3.8) is 0 Å². The lowest BCUT2D eigenvalue weighted by Crippen LogP contribution is -2.49. The zero-order chi connectivity index (χ0) is 26.2. The molecule has 192 valence electrons. The van der Waals surface area contributed by atoms with Crippen LogP contribution in [0.5, 0.6) is 17.2 Å². The van der Waals surface area contributed by atoms with Gasteiger partial charge in [-0.25, -0.2) is 0 Å². The average molecular weight is 505 g/mol. The fraction of sp³-hybridized carbons (Fsp3) is 0.385. The number of carbonyl (C=O) groups is 1. The molecular formula is C26H27F3N2O5. The van der Waals surface area contributed by atoms with Crippen molar-refractivity contribution in [2.45, 2.75) is 50.8 Å². The lowest BCUT2D eigenvalue weighted by atomic mass is 10.0. The molecule has 0 radical (unpaired) electrons. The van der Waals surface area contributed by atoms with E-state index in [2.05, 4.69) is 16.6 Å². The standard InChI is InChI=1S/C26H27F3N2O5/c1-3-7-20-21(8-6-9-22(20)35-23-10-4-5-15-33-23)34-17-25(2,16-30)31-24(32)18-11-13-19(14-12-18)36-26(27,28)29/h3,6,8-9,11-14,23H,1,4-5,7,10,15,17H2,2H3,(H,31,32)/t23-,25-/m1/s1. The van der Waals surface area contributed by atoms with Crippen molar-refractivity contribution in [3.8, 4) is 23.3 Å². The first-order valence-corrected chi connectivity index (χ1v) is 11.4. The summed E-state index contributed by atoms with van der Waals surface area (Å²) in [6.45, 7) is 5.71. The maximum atomic E-state index is 12.6. The van der Waals surface area contributed by atoms with E-state index in [0.29, 0.717) is 24.5 Å². The van der Waals surface area contributed by atoms with Crippen molar-refractivity contribution >= 4 is 5.91 Å². The predicted molar refractivity (Wildman–Crippen MR) is 125 cm³/mol. The van der Waals surface area contributed by atoms with Crippen molar-refractivity contribution in [1.29, 1.82) is 5.26 Å². The van der Waals surface area contributed by atoms with Gasteiger partial charge in [-0.05, 0) is 62.6 Å². The van der Waals surface area contributed by atoms with E-state index in [-0.39, 0.29) is 18.5 Å². The second-order valence-electron chi connectivity index (χ2n) is 8.40. The Labute approximate surface area is 207 Å². The average Bonchev–Trinajstić information content (AvgIpc) is 2.84. The van der Waals surface area contributed by atoms with Gasteiger partial charge in [-0.3, -0.25) is 4.79 Å². The van der Waals surface area contributed by atoms with E-state index >= 15 is 0 Å². The molecule has 1 aliphatic heterocycles. The zero-order valence-corrected chi connectivity index (χ0v) is 19.8. The number of hydrogen-bond donors (Lipinski definition) is 1. The first-order valence-electron chi connectivity index (χ1n) is 11.4. The Morgan fingerprint density at radius 3 is 2.56 bits per heavy atom. The Morgan fingerprint density at radius 2 is 1.94 bits per heavy atom. The predicted octanol–water partition coefficient (Wildman–Crippen LogP) is 5.31. The van der Waals surface area contributed by atoms with E-state index in [1.165, 1.54) is 19.1 Å². The molecule has 3 rings (SSSR count). The Balaban J connectivity index is 1.68. The third kappa shape index (κ3) is 7.65. The van der Waals surface area contributed by atoms with Crippen LogP contribution in [0.2, 0.25) is 0 Å². The number of hydrogen-bond acceptors (Lipinski definition) is 6. The van der Waals surface area contributed by atoms with Gasteiger partial charge in [0, 0.05) is 17.5 Å². The molecule has 0 spiro atoms. The number of amides is 1. The van der Waals surface area contributed by atoms with E-state index < -0.39 is 23.6 Å². The lowest BCUT2D eigenvalue weighted by Gasteiger charge is -2.26. The highest BCUT2D eigenvalue weighted by atomic mass is 19.4. The number of nitrogens with one attached hydrogen (secondary N) is 1. The molecule has 36 heavy (non-hydrogen) atoms. The number of halogens is 3. The molecule has 0 saturated carbocycles. The molecule has 1 aliphatic rings. The molecule has 1 heterocycles. The van der Waals surface area contributed by atoms with Gasteiger partial charge in [-0.1, -0.05) is 12.1 Å². The summed E-state index contributed by atoms with van der Waals surface area (Å²) >= 11 is 0. The van der Waals surface area contributed by atoms with Gasteiger partial charge in [0.05, 0.1) is 12.7 Å². The Hall–Kier alpha value is -3.71. The number of rotatable bonds is 10. The topological polar surface area (TPSA) is 89.8 Å². The highest BCUT2D eigenvalue weighted by Gasteiger charge is 2.32. The van der Waals surface area contributed by atoms with Crippen LogP contribution in [0.15, 0.2) is 55.1 Å². The Morgan fingerprint density at radius 1 is 1.22 bits per heavy atom. The van der Waals surface area contributed by atoms with Gasteiger partial charge < -0.3 is 24.3 Å². The summed E-state index contributed by atoms with van der Waals surface area (Å²) < 4.78 is 58.5. The molecule has 7 nitrogen and oxygen atoms in total. The van der Waals surface area contributed by atoms with Crippen LogP contribution in [0.25, 0.3) is 0 Å². The summed E-state index contributed by atoms with van der Waals surface area (Å²) in [6, 6.07) is 11.7. The molecule has 10 heteroatoms. The molecule has 2 atom stereocenters. The molecule has 1 amide bonds. The largest absolute Gasteiger partial charge is 0.573 e. The number of allylic oxidation sites excluding steroid dienone is 1. The third-order valence-electron chi connectivity index (χ3n) is 5.34. The van der Waals surface area contributed by atoms with Gasteiger partial charge >= 0.3 is 6.36 Å². The van der Waals surface area contributed by atoms with Crippen LogP contribution < -0.4 is 19.5 Å². The van der Waals surface area contributed by atoms with Gasteiger partial charge in [-0.15, -0.1) is 19.8 Å². The minimum absolute atomic E-state index is 0.0567. The number of nitriles is 1. The molecule has 0 bridgehead atoms. The van der Waals surface area contributed by atoms with E-state index in [1.54, 1.807) is 24.3 Å². The van der Waals surface area contributed by atoms with Crippen LogP contribution in [0.1, 0.15) is 42.1 Å². The summed E-state index contributed by atoms with van der Waals surface area (Å²) in [5, 5.41) is 12.3. The Kier molecular flexibility index (Phi) is 8.83. The highest BCUT2D eigenvalue weighted by Crippen LogP contribution is 2.32. The second-order valence-corrected chi connectivity index (χ2v) is 8.40. The van der Waals surface area contributed by atoms with Crippen LogP contribution in [0, 0.1) is 11.3 Å². The molecule has 1 N–H and O–H groups in total. The molecule has 0 aromatic heterocycles. The summed E-state index contributed by atoms with van der Waals surface area (Å²) in [6.07, 6.45) is -0.261. The fourth-order valence-corrected chi connectivity index (χ4v) is 3.53. The van der Waals surface area contributed by atoms with Gasteiger partial charge in [-0.2, -0.15) is 5.26 Å². The van der Waals surface area contributed by atoms with Crippen molar-refractivity contribution in [2.75, 3.05) is 13.2 Å². The van der Waals surface area contributed by atoms with Gasteiger partial charge in [0.1, 0.15) is 23.9 Å². The van der Waals surface area contributed by atoms with Gasteiger partial charge in [0.2, 0.25) is 0 Å². The van der Waals surface area contributed by atoms with E-state index in [9.17, 15) is 23.2 Å². The van der Waals surface area contributed by atoms with Crippen molar-refractivity contribution in [2.24, 2.45) is 0 Å². The van der Waals surface area contributed by atoms with E-state index in [1.807, 2.05) is 6.07 Å². The number of alkyl halides is 3. The summed E-state index contributed by atoms with van der Waals surface area (Å²) in [4.78, 5) is 12.6. The molecule has 0 aliphatic carbocycles. The van der Waals surface area contributed by atoms with Gasteiger partial charge in [0.15, 0.2) is 11.8 Å². The highest BCUT2D eigenvalue weighted by molar-refractivity contribution is 5.95. The smallest absolute Gasteiger partial charge is 0.490 e. The molecule has 1 fully saturated rings. The molecule has 2 aromatic rings. The number of carbonyl (C=O) groups excluding carboxylic acids is 1. The molecule has 2 aromatic carbocycles. The SMILES string of the molecule is C=CCc1c(OC[C@@](C)(C#N)NC(=O)c2ccc(OC(F)(F)F)cc2)cccc1O[C@@H]1CCCCO1. The molecule has 0 unspecified atom stereocenters. The van der Waals surface area contributed by atoms with Crippen LogP contribution in [-0.2, 0) is 11.2 Å². The summed E-state index contributed by atoms with van der Waals surface area (Å²) in [5.74, 6) is -0.0595. The van der Waals surface area contributed by atoms with Crippen molar-refractivity contribution < 1.29 is 36.9 Å². The first-order chi connectivity index (χ1) is 17.1.